The van der Waals surface area contributed by atoms with Gasteiger partial charge in [-0.25, -0.2) is 4.39 Å². The van der Waals surface area contributed by atoms with E-state index in [1.54, 1.807) is 0 Å². The van der Waals surface area contributed by atoms with Crippen LogP contribution in [0.5, 0.6) is 0 Å². The van der Waals surface area contributed by atoms with E-state index in [0.29, 0.717) is 23.8 Å². The van der Waals surface area contributed by atoms with Gasteiger partial charge in [-0.15, -0.1) is 0 Å². The molecule has 2 atom stereocenters. The van der Waals surface area contributed by atoms with E-state index in [1.807, 2.05) is 20.8 Å². The molecule has 0 saturated carbocycles. The zero-order chi connectivity index (χ0) is 16.0. The summed E-state index contributed by atoms with van der Waals surface area (Å²) in [6.45, 7) is 6.03. The van der Waals surface area contributed by atoms with Gasteiger partial charge in [-0.1, -0.05) is 20.8 Å². The number of anilines is 2. The van der Waals surface area contributed by atoms with E-state index < -0.39 is 16.6 Å². The minimum atomic E-state index is -0.914. The molecular formula is C15H23FN2O2S. The van der Waals surface area contributed by atoms with Gasteiger partial charge in [0, 0.05) is 33.9 Å². The Balaban J connectivity index is 2.37. The van der Waals surface area contributed by atoms with E-state index >= 15 is 0 Å². The van der Waals surface area contributed by atoms with E-state index in [1.165, 1.54) is 18.2 Å². The van der Waals surface area contributed by atoms with E-state index in [2.05, 4.69) is 5.32 Å². The molecular weight excluding hydrogens is 291 g/mol. The van der Waals surface area contributed by atoms with Gasteiger partial charge in [0.2, 0.25) is 5.91 Å². The van der Waals surface area contributed by atoms with Crippen molar-refractivity contribution in [3.8, 4) is 0 Å². The van der Waals surface area contributed by atoms with Crippen LogP contribution in [0.4, 0.5) is 15.8 Å². The number of hydrogen-bond acceptors (Lipinski definition) is 3. The molecule has 4 nitrogen and oxygen atoms in total. The van der Waals surface area contributed by atoms with E-state index in [0.717, 1.165) is 0 Å². The van der Waals surface area contributed by atoms with Crippen LogP contribution in [0.1, 0.15) is 33.6 Å². The number of nitrogens with one attached hydrogen (secondary N) is 1. The van der Waals surface area contributed by atoms with Crippen molar-refractivity contribution in [3.05, 3.63) is 24.0 Å². The zero-order valence-electron chi connectivity index (χ0n) is 12.7. The highest BCUT2D eigenvalue weighted by atomic mass is 32.2. The Morgan fingerprint density at radius 1 is 1.38 bits per heavy atom. The maximum Gasteiger partial charge on any atom is 0.224 e. The molecule has 1 rings (SSSR count). The highest BCUT2D eigenvalue weighted by molar-refractivity contribution is 7.85. The number of nitrogen functional groups attached to an aromatic ring is 1. The molecule has 0 radical (unpaired) electrons. The molecule has 0 aliphatic carbocycles. The Morgan fingerprint density at radius 2 is 2.05 bits per heavy atom. The molecule has 1 aromatic rings. The summed E-state index contributed by atoms with van der Waals surface area (Å²) in [7, 11) is -0.914. The van der Waals surface area contributed by atoms with Gasteiger partial charge in [0.15, 0.2) is 0 Å². The molecule has 0 aliphatic heterocycles. The lowest BCUT2D eigenvalue weighted by Crippen LogP contribution is -2.21. The number of carbonyl (C=O) groups excluding carboxylic acids is 1. The molecule has 1 aromatic carbocycles. The van der Waals surface area contributed by atoms with Crippen molar-refractivity contribution in [1.82, 2.24) is 0 Å². The standard InChI is InChI=1S/C15H23FN2O2S/c1-10(2)11(3)21(20)8-4-5-15(19)18-12-6-7-13(16)14(17)9-12/h6-7,9-11H,4-5,8,17H2,1-3H3,(H,18,19). The number of amides is 1. The fraction of sp³-hybridized carbons (Fsp3) is 0.533. The minimum Gasteiger partial charge on any atom is -0.396 e. The second-order valence-corrected chi connectivity index (χ2v) is 7.34. The lowest BCUT2D eigenvalue weighted by Gasteiger charge is -2.14. The van der Waals surface area contributed by atoms with Crippen molar-refractivity contribution in [2.75, 3.05) is 16.8 Å². The van der Waals surface area contributed by atoms with Gasteiger partial charge < -0.3 is 11.1 Å². The lowest BCUT2D eigenvalue weighted by molar-refractivity contribution is -0.116. The Morgan fingerprint density at radius 3 is 2.62 bits per heavy atom. The number of nitrogens with two attached hydrogens (primary N) is 1. The summed E-state index contributed by atoms with van der Waals surface area (Å²) in [6, 6.07) is 4.05. The van der Waals surface area contributed by atoms with Gasteiger partial charge in [-0.2, -0.15) is 0 Å². The van der Waals surface area contributed by atoms with Crippen LogP contribution >= 0.6 is 0 Å². The molecule has 0 aromatic heterocycles. The summed E-state index contributed by atoms with van der Waals surface area (Å²) in [5.74, 6) is 0.182. The van der Waals surface area contributed by atoms with Crippen molar-refractivity contribution in [3.63, 3.8) is 0 Å². The minimum absolute atomic E-state index is 0.000313. The number of halogens is 1. The first kappa shape index (κ1) is 17.6. The first-order chi connectivity index (χ1) is 9.81. The molecule has 1 amide bonds. The first-order valence-electron chi connectivity index (χ1n) is 7.03. The molecule has 3 N–H and O–H groups in total. The summed E-state index contributed by atoms with van der Waals surface area (Å²) in [6.07, 6.45) is 0.847. The monoisotopic (exact) mass is 314 g/mol. The molecule has 118 valence electrons. The van der Waals surface area contributed by atoms with Gasteiger partial charge in [0.1, 0.15) is 5.82 Å². The summed E-state index contributed by atoms with van der Waals surface area (Å²) < 4.78 is 24.9. The summed E-state index contributed by atoms with van der Waals surface area (Å²) in [5, 5.41) is 2.78. The molecule has 21 heavy (non-hydrogen) atoms. The van der Waals surface area contributed by atoms with Gasteiger partial charge in [-0.05, 0) is 30.5 Å². The number of rotatable bonds is 7. The number of benzene rings is 1. The van der Waals surface area contributed by atoms with Gasteiger partial charge in [-0.3, -0.25) is 9.00 Å². The molecule has 0 heterocycles. The van der Waals surface area contributed by atoms with Crippen molar-refractivity contribution >= 4 is 28.1 Å². The normalized spacial score (nSPS) is 14.0. The molecule has 0 spiro atoms. The van der Waals surface area contributed by atoms with Crippen LogP contribution in [0.2, 0.25) is 0 Å². The highest BCUT2D eigenvalue weighted by Crippen LogP contribution is 2.16. The van der Waals surface area contributed by atoms with Crippen molar-refractivity contribution in [1.29, 1.82) is 0 Å². The summed E-state index contributed by atoms with van der Waals surface area (Å²) in [5.41, 5.74) is 5.90. The van der Waals surface area contributed by atoms with Crippen molar-refractivity contribution < 1.29 is 13.4 Å². The Kier molecular flexibility index (Phi) is 6.81. The second-order valence-electron chi connectivity index (χ2n) is 5.42. The molecule has 0 bridgehead atoms. The molecule has 6 heteroatoms. The van der Waals surface area contributed by atoms with E-state index in [4.69, 9.17) is 5.73 Å². The topological polar surface area (TPSA) is 72.2 Å². The van der Waals surface area contributed by atoms with E-state index in [-0.39, 0.29) is 23.3 Å². The van der Waals surface area contributed by atoms with Gasteiger partial charge >= 0.3 is 0 Å². The zero-order valence-corrected chi connectivity index (χ0v) is 13.5. The average molecular weight is 314 g/mol. The van der Waals surface area contributed by atoms with Crippen molar-refractivity contribution in [2.24, 2.45) is 5.92 Å². The fourth-order valence-corrected chi connectivity index (χ4v) is 3.12. The third-order valence-corrected chi connectivity index (χ3v) is 5.45. The van der Waals surface area contributed by atoms with Crippen LogP contribution in [0.15, 0.2) is 18.2 Å². The molecule has 2 unspecified atom stereocenters. The number of hydrogen-bond donors (Lipinski definition) is 2. The van der Waals surface area contributed by atoms with Crippen molar-refractivity contribution in [2.45, 2.75) is 38.9 Å². The van der Waals surface area contributed by atoms with Gasteiger partial charge in [0.05, 0.1) is 5.69 Å². The largest absolute Gasteiger partial charge is 0.396 e. The Hall–Kier alpha value is -1.43. The molecule has 0 aliphatic rings. The third-order valence-electron chi connectivity index (χ3n) is 3.38. The summed E-state index contributed by atoms with van der Waals surface area (Å²) in [4.78, 5) is 11.7. The molecule has 0 fully saturated rings. The SMILES string of the molecule is CC(C)C(C)S(=O)CCCC(=O)Nc1ccc(F)c(N)c1. The highest BCUT2D eigenvalue weighted by Gasteiger charge is 2.15. The summed E-state index contributed by atoms with van der Waals surface area (Å²) >= 11 is 0. The van der Waals surface area contributed by atoms with E-state index in [9.17, 15) is 13.4 Å². The third kappa shape index (κ3) is 5.83. The second kappa shape index (κ2) is 8.12. The number of carbonyl (C=O) groups is 1. The smallest absolute Gasteiger partial charge is 0.224 e. The quantitative estimate of drug-likeness (QED) is 0.760. The van der Waals surface area contributed by atoms with Crippen LogP contribution in [0, 0.1) is 11.7 Å². The van der Waals surface area contributed by atoms with Crippen LogP contribution in [0.25, 0.3) is 0 Å². The van der Waals surface area contributed by atoms with Crippen LogP contribution in [-0.2, 0) is 15.6 Å². The predicted octanol–water partition coefficient (Wildman–Crippen LogP) is 2.92. The lowest BCUT2D eigenvalue weighted by atomic mass is 10.2. The Bertz CT molecular complexity index is 520. The first-order valence-corrected chi connectivity index (χ1v) is 8.41. The van der Waals surface area contributed by atoms with Crippen LogP contribution in [-0.4, -0.2) is 21.1 Å². The maximum atomic E-state index is 13.0. The molecule has 0 saturated heterocycles. The van der Waals surface area contributed by atoms with Crippen LogP contribution < -0.4 is 11.1 Å². The Labute approximate surface area is 127 Å². The van der Waals surface area contributed by atoms with Gasteiger partial charge in [0.25, 0.3) is 0 Å². The average Bonchev–Trinajstić information content (AvgIpc) is 2.41. The van der Waals surface area contributed by atoms with Crippen LogP contribution in [0.3, 0.4) is 0 Å². The maximum absolute atomic E-state index is 13.0. The fourth-order valence-electron chi connectivity index (χ4n) is 1.71. The predicted molar refractivity (Wildman–Crippen MR) is 86.0 cm³/mol.